The molecule has 0 aliphatic heterocycles. The quantitative estimate of drug-likeness (QED) is 0.123. The molecule has 44 heavy (non-hydrogen) atoms. The van der Waals surface area contributed by atoms with E-state index in [1.54, 1.807) is 5.92 Å². The summed E-state index contributed by atoms with van der Waals surface area (Å²) in [5, 5.41) is 0. The van der Waals surface area contributed by atoms with Gasteiger partial charge in [-0.05, 0) is 52.4 Å². The third kappa shape index (κ3) is 12.7. The number of fused-ring (bicyclic) bond motifs is 1. The molecule has 0 bridgehead atoms. The van der Waals surface area contributed by atoms with Crippen molar-refractivity contribution in [1.82, 2.24) is 9.97 Å². The summed E-state index contributed by atoms with van der Waals surface area (Å²) in [5.74, 6) is 3.29. The summed E-state index contributed by atoms with van der Waals surface area (Å²) >= 11 is 0. The Kier molecular flexibility index (Phi) is 20.5. The molecule has 2 heterocycles. The molecule has 10 heteroatoms. The number of hydrogen-bond donors (Lipinski definition) is 0. The van der Waals surface area contributed by atoms with Crippen LogP contribution in [0.5, 0.6) is 0 Å². The number of carbonyl (C=O) groups excluding carboxylic acids is 2. The summed E-state index contributed by atoms with van der Waals surface area (Å²) in [7, 11) is -3.67. The fourth-order valence-corrected chi connectivity index (χ4v) is 4.78. The second kappa shape index (κ2) is 22.6. The van der Waals surface area contributed by atoms with Gasteiger partial charge in [-0.15, -0.1) is 12.0 Å². The molecule has 227 valence electrons. The maximum Gasteiger partial charge on any atom is 3.00 e. The zero-order valence-corrected chi connectivity index (χ0v) is 26.0. The van der Waals surface area contributed by atoms with Crippen LogP contribution in [-0.4, -0.2) is 31.1 Å². The number of pyridine rings is 2. The summed E-state index contributed by atoms with van der Waals surface area (Å²) in [6, 6.07) is 28.9. The predicted molar refractivity (Wildman–Crippen MR) is 164 cm³/mol. The Morgan fingerprint density at radius 3 is 1.52 bits per heavy atom. The van der Waals surface area contributed by atoms with Crippen LogP contribution >= 0.6 is 0 Å². The first-order valence-corrected chi connectivity index (χ1v) is 13.1. The van der Waals surface area contributed by atoms with Crippen LogP contribution in [0.15, 0.2) is 122 Å². The first kappa shape index (κ1) is 40.0. The third-order valence-electron chi connectivity index (χ3n) is 6.69. The normalized spacial score (nSPS) is 15.3. The van der Waals surface area contributed by atoms with E-state index in [0.717, 1.165) is 34.4 Å². The van der Waals surface area contributed by atoms with Crippen molar-refractivity contribution in [2.45, 2.75) is 19.8 Å². The molecule has 2 atom stereocenters. The number of nitrogens with zero attached hydrogens (tertiary/aromatic N) is 2. The molecule has 2 aliphatic rings. The second-order valence-electron chi connectivity index (χ2n) is 9.18. The number of hydrogen-bond acceptors (Lipinski definition) is 4. The van der Waals surface area contributed by atoms with Crippen LogP contribution in [0.2, 0.25) is 0 Å². The molecule has 1 radical (unpaired) electrons. The van der Waals surface area contributed by atoms with Crippen LogP contribution < -0.4 is 4.70 Å². The molecular formula is C34H31BF4MoN2O2-. The molecule has 2 unspecified atom stereocenters. The van der Waals surface area contributed by atoms with E-state index in [1.165, 1.54) is 24.0 Å². The van der Waals surface area contributed by atoms with Crippen molar-refractivity contribution in [3.05, 3.63) is 128 Å². The van der Waals surface area contributed by atoms with Gasteiger partial charge in [0, 0.05) is 12.4 Å². The smallest absolute Gasteiger partial charge is 1.00 e. The van der Waals surface area contributed by atoms with Crippen LogP contribution in [0.4, 0.5) is 12.9 Å². The van der Waals surface area contributed by atoms with Crippen LogP contribution in [0.3, 0.4) is 0 Å². The summed E-state index contributed by atoms with van der Waals surface area (Å²) in [6.07, 6.45) is 15.4. The van der Waals surface area contributed by atoms with Crippen molar-refractivity contribution in [3.8, 4) is 33.6 Å². The summed E-state index contributed by atoms with van der Waals surface area (Å²) < 4.78 is 29.0. The van der Waals surface area contributed by atoms with Gasteiger partial charge < -0.3 is 20.2 Å². The van der Waals surface area contributed by atoms with Crippen molar-refractivity contribution in [2.75, 3.05) is 0 Å². The van der Waals surface area contributed by atoms with Crippen molar-refractivity contribution in [1.29, 1.82) is 0 Å². The largest absolute Gasteiger partial charge is 3.00 e. The van der Waals surface area contributed by atoms with Gasteiger partial charge in [0.1, 0.15) is 0 Å². The average Bonchev–Trinajstić information content (AvgIpc) is 3.44. The first-order valence-electron chi connectivity index (χ1n) is 13.1. The van der Waals surface area contributed by atoms with E-state index in [9.17, 15) is 12.9 Å². The van der Waals surface area contributed by atoms with Crippen LogP contribution in [0.1, 0.15) is 19.8 Å². The standard InChI is InChI=1S/C22H16N2.C10H13.2CHO.BF3.FH.Mo/c1-3-7-17(8-4-1)19-11-13-23-21(15-19)22-16-20(12-14-24-22)18-9-5-2-6-10-18;1-8-6-7-9-4-2-3-5-10(8)9;2*1-2;2-1(3)4;;/h1-16H;2-5,9-10H,6-7H2,1H3;2*1H;;1H;/q;3*-1;;;+3/p-1. The maximum atomic E-state index is 9.67. The van der Waals surface area contributed by atoms with E-state index in [4.69, 9.17) is 9.59 Å². The Labute approximate surface area is 271 Å². The minimum Gasteiger partial charge on any atom is -1.00 e. The van der Waals surface area contributed by atoms with Crippen molar-refractivity contribution < 1.29 is 48.3 Å². The predicted octanol–water partition coefficient (Wildman–Crippen LogP) is 5.54. The molecule has 0 amide bonds. The second-order valence-corrected chi connectivity index (χ2v) is 9.18. The molecule has 4 nitrogen and oxygen atoms in total. The van der Waals surface area contributed by atoms with Gasteiger partial charge >= 0.3 is 28.6 Å². The van der Waals surface area contributed by atoms with E-state index in [0.29, 0.717) is 0 Å². The summed E-state index contributed by atoms with van der Waals surface area (Å²) in [6.45, 7) is 8.79. The summed E-state index contributed by atoms with van der Waals surface area (Å²) in [4.78, 5) is 24.5. The zero-order valence-electron chi connectivity index (χ0n) is 24.0. The molecular weight excluding hydrogens is 651 g/mol. The number of rotatable bonds is 3. The van der Waals surface area contributed by atoms with Crippen molar-refractivity contribution in [2.24, 2.45) is 11.8 Å². The molecule has 0 saturated heterocycles. The maximum absolute atomic E-state index is 9.67. The van der Waals surface area contributed by atoms with Gasteiger partial charge in [0.2, 0.25) is 0 Å². The molecule has 2 aromatic carbocycles. The molecule has 0 N–H and O–H groups in total. The molecule has 1 saturated carbocycles. The zero-order chi connectivity index (χ0) is 30.7. The van der Waals surface area contributed by atoms with E-state index in [2.05, 4.69) is 91.2 Å². The molecule has 1 fully saturated rings. The Balaban J connectivity index is 0.000000772. The molecule has 6 rings (SSSR count). The number of benzene rings is 2. The van der Waals surface area contributed by atoms with Gasteiger partial charge in [-0.25, -0.2) is 0 Å². The van der Waals surface area contributed by atoms with Gasteiger partial charge in [0.25, 0.3) is 0 Å². The van der Waals surface area contributed by atoms with Crippen molar-refractivity contribution >= 4 is 21.1 Å². The molecule has 0 spiro atoms. The van der Waals surface area contributed by atoms with E-state index >= 15 is 0 Å². The first-order chi connectivity index (χ1) is 20.5. The number of aromatic nitrogens is 2. The minimum atomic E-state index is -3.67. The van der Waals surface area contributed by atoms with Gasteiger partial charge in [-0.2, -0.15) is 13.3 Å². The average molecular weight is 682 g/mol. The Hall–Kier alpha value is -3.97. The van der Waals surface area contributed by atoms with Crippen LogP contribution in [0, 0.1) is 17.8 Å². The van der Waals surface area contributed by atoms with E-state index in [-0.39, 0.29) is 25.8 Å². The fraction of sp³-hybridized carbons (Fsp3) is 0.147. The van der Waals surface area contributed by atoms with E-state index < -0.39 is 7.54 Å². The van der Waals surface area contributed by atoms with Crippen LogP contribution in [-0.2, 0) is 30.7 Å². The Morgan fingerprint density at radius 2 is 1.11 bits per heavy atom. The van der Waals surface area contributed by atoms with Gasteiger partial charge in [-0.3, -0.25) is 36.5 Å². The van der Waals surface area contributed by atoms with Crippen LogP contribution in [0.25, 0.3) is 33.6 Å². The monoisotopic (exact) mass is 684 g/mol. The number of allylic oxidation sites excluding steroid dienone is 4. The minimum absolute atomic E-state index is 0. The Morgan fingerprint density at radius 1 is 0.705 bits per heavy atom. The van der Waals surface area contributed by atoms with Gasteiger partial charge in [0.05, 0.1) is 11.4 Å². The third-order valence-corrected chi connectivity index (χ3v) is 6.69. The molecule has 4 aromatic rings. The Bertz CT molecular complexity index is 1310. The number of halogens is 4. The molecule has 2 aliphatic carbocycles. The SMILES string of the molecule is C[C-]1CCC2C=CC=CC12.FB(F)F.[CH-]=O.[CH-]=O.[F-].[Mo+3].c1ccc(-c2ccnc(-c3cc(-c4ccccc4)ccn3)c2)cc1. The van der Waals surface area contributed by atoms with E-state index in [1.807, 2.05) is 60.9 Å². The van der Waals surface area contributed by atoms with Gasteiger partial charge in [-0.1, -0.05) is 85.3 Å². The topological polar surface area (TPSA) is 59.9 Å². The molecule has 2 aromatic heterocycles. The van der Waals surface area contributed by atoms with Gasteiger partial charge in [0.15, 0.2) is 0 Å². The van der Waals surface area contributed by atoms with Crippen molar-refractivity contribution in [3.63, 3.8) is 0 Å². The fourth-order valence-electron chi connectivity index (χ4n) is 4.78. The summed E-state index contributed by atoms with van der Waals surface area (Å²) in [5.41, 5.74) is 6.42.